The first-order valence-electron chi connectivity index (χ1n) is 7.44. The fraction of sp³-hybridized carbons (Fsp3) is 0.471. The summed E-state index contributed by atoms with van der Waals surface area (Å²) in [6.07, 6.45) is 1.03. The lowest BCUT2D eigenvalue weighted by molar-refractivity contribution is 0.305. The second-order valence-corrected chi connectivity index (χ2v) is 7.64. The summed E-state index contributed by atoms with van der Waals surface area (Å²) in [5.74, 6) is 0.911. The predicted molar refractivity (Wildman–Crippen MR) is 87.0 cm³/mol. The first-order chi connectivity index (χ1) is 10.0. The van der Waals surface area contributed by atoms with Gasteiger partial charge in [-0.05, 0) is 23.1 Å². The SMILES string of the molecule is CC(C)(C)c1ccc(OCc2nc3c(s2)CNCC3)cc1. The van der Waals surface area contributed by atoms with Crippen molar-refractivity contribution in [3.63, 3.8) is 0 Å². The standard InChI is InChI=1S/C17H22N2OS/c1-17(2,3)12-4-6-13(7-5-12)20-11-16-19-14-8-9-18-10-15(14)21-16/h4-7,18H,8-11H2,1-3H3. The van der Waals surface area contributed by atoms with Crippen LogP contribution < -0.4 is 10.1 Å². The van der Waals surface area contributed by atoms with E-state index in [9.17, 15) is 0 Å². The molecule has 1 aromatic heterocycles. The number of nitrogens with zero attached hydrogens (tertiary/aromatic N) is 1. The van der Waals surface area contributed by atoms with E-state index in [4.69, 9.17) is 4.74 Å². The third-order valence-corrected chi connectivity index (χ3v) is 4.80. The van der Waals surface area contributed by atoms with Crippen molar-refractivity contribution in [1.29, 1.82) is 0 Å². The van der Waals surface area contributed by atoms with Crippen LogP contribution >= 0.6 is 11.3 Å². The number of benzene rings is 1. The van der Waals surface area contributed by atoms with Crippen LogP contribution in [0, 0.1) is 0 Å². The van der Waals surface area contributed by atoms with Gasteiger partial charge in [0.2, 0.25) is 0 Å². The van der Waals surface area contributed by atoms with Gasteiger partial charge in [-0.2, -0.15) is 0 Å². The average molecular weight is 302 g/mol. The molecule has 0 saturated heterocycles. The number of ether oxygens (including phenoxy) is 1. The number of nitrogens with one attached hydrogen (secondary N) is 1. The minimum atomic E-state index is 0.180. The van der Waals surface area contributed by atoms with E-state index in [0.717, 1.165) is 30.3 Å². The van der Waals surface area contributed by atoms with E-state index in [1.54, 1.807) is 11.3 Å². The van der Waals surface area contributed by atoms with Crippen LogP contribution in [0.15, 0.2) is 24.3 Å². The van der Waals surface area contributed by atoms with E-state index in [-0.39, 0.29) is 5.41 Å². The molecule has 0 amide bonds. The molecule has 112 valence electrons. The zero-order valence-electron chi connectivity index (χ0n) is 12.9. The van der Waals surface area contributed by atoms with E-state index in [1.165, 1.54) is 16.1 Å². The lowest BCUT2D eigenvalue weighted by atomic mass is 9.87. The summed E-state index contributed by atoms with van der Waals surface area (Å²) in [6, 6.07) is 8.39. The second-order valence-electron chi connectivity index (χ2n) is 6.47. The molecular formula is C17H22N2OS. The number of rotatable bonds is 3. The van der Waals surface area contributed by atoms with Gasteiger partial charge < -0.3 is 10.1 Å². The van der Waals surface area contributed by atoms with Crippen LogP contribution in [0.3, 0.4) is 0 Å². The van der Waals surface area contributed by atoms with Crippen LogP contribution in [0.4, 0.5) is 0 Å². The Hall–Kier alpha value is -1.39. The van der Waals surface area contributed by atoms with Gasteiger partial charge >= 0.3 is 0 Å². The third kappa shape index (κ3) is 3.44. The Balaban J connectivity index is 1.63. The number of hydrogen-bond donors (Lipinski definition) is 1. The fourth-order valence-electron chi connectivity index (χ4n) is 2.44. The maximum Gasteiger partial charge on any atom is 0.140 e. The Morgan fingerprint density at radius 3 is 2.67 bits per heavy atom. The number of aromatic nitrogens is 1. The Morgan fingerprint density at radius 1 is 1.24 bits per heavy atom. The molecule has 1 aliphatic rings. The lowest BCUT2D eigenvalue weighted by Crippen LogP contribution is -2.22. The molecule has 0 bridgehead atoms. The molecule has 1 aromatic carbocycles. The van der Waals surface area contributed by atoms with Gasteiger partial charge in [0.25, 0.3) is 0 Å². The maximum absolute atomic E-state index is 5.86. The Bertz CT molecular complexity index is 587. The molecule has 1 aliphatic heterocycles. The molecule has 0 atom stereocenters. The first kappa shape index (κ1) is 14.5. The van der Waals surface area contributed by atoms with Crippen LogP contribution in [-0.2, 0) is 25.0 Å². The summed E-state index contributed by atoms with van der Waals surface area (Å²) >= 11 is 1.76. The van der Waals surface area contributed by atoms with Gasteiger partial charge in [-0.3, -0.25) is 0 Å². The van der Waals surface area contributed by atoms with E-state index < -0.39 is 0 Å². The monoisotopic (exact) mass is 302 g/mol. The van der Waals surface area contributed by atoms with Gasteiger partial charge in [-0.15, -0.1) is 11.3 Å². The topological polar surface area (TPSA) is 34.1 Å². The molecule has 4 heteroatoms. The quantitative estimate of drug-likeness (QED) is 0.939. The minimum Gasteiger partial charge on any atom is -0.486 e. The normalized spacial score (nSPS) is 14.8. The molecule has 0 fully saturated rings. The van der Waals surface area contributed by atoms with Gasteiger partial charge in [0.1, 0.15) is 17.4 Å². The molecule has 0 aliphatic carbocycles. The summed E-state index contributed by atoms with van der Waals surface area (Å²) in [5.41, 5.74) is 2.76. The molecule has 0 radical (unpaired) electrons. The van der Waals surface area contributed by atoms with E-state index in [1.807, 2.05) is 0 Å². The van der Waals surface area contributed by atoms with Gasteiger partial charge in [0.15, 0.2) is 0 Å². The van der Waals surface area contributed by atoms with Gasteiger partial charge in [-0.25, -0.2) is 4.98 Å². The van der Waals surface area contributed by atoms with Crippen LogP contribution in [0.1, 0.15) is 41.9 Å². The van der Waals surface area contributed by atoms with Crippen molar-refractivity contribution in [2.75, 3.05) is 6.54 Å². The van der Waals surface area contributed by atoms with Crippen LogP contribution in [-0.4, -0.2) is 11.5 Å². The highest BCUT2D eigenvalue weighted by atomic mass is 32.1. The third-order valence-electron chi connectivity index (χ3n) is 3.73. The molecule has 2 heterocycles. The molecule has 1 N–H and O–H groups in total. The summed E-state index contributed by atoms with van der Waals surface area (Å²) in [5, 5.41) is 4.45. The lowest BCUT2D eigenvalue weighted by Gasteiger charge is -2.19. The van der Waals surface area contributed by atoms with Crippen molar-refractivity contribution >= 4 is 11.3 Å². The van der Waals surface area contributed by atoms with Crippen LogP contribution in [0.2, 0.25) is 0 Å². The molecule has 3 rings (SSSR count). The number of fused-ring (bicyclic) bond motifs is 1. The predicted octanol–water partition coefficient (Wildman–Crippen LogP) is 3.67. The van der Waals surface area contributed by atoms with Crippen LogP contribution in [0.5, 0.6) is 5.75 Å². The highest BCUT2D eigenvalue weighted by Crippen LogP contribution is 2.26. The maximum atomic E-state index is 5.86. The van der Waals surface area contributed by atoms with Gasteiger partial charge in [0, 0.05) is 24.4 Å². The summed E-state index contributed by atoms with van der Waals surface area (Å²) in [6.45, 7) is 9.20. The molecular weight excluding hydrogens is 280 g/mol. The van der Waals surface area contributed by atoms with E-state index >= 15 is 0 Å². The smallest absolute Gasteiger partial charge is 0.140 e. The minimum absolute atomic E-state index is 0.180. The number of thiazole rings is 1. The van der Waals surface area contributed by atoms with Crippen molar-refractivity contribution in [3.8, 4) is 5.75 Å². The second kappa shape index (κ2) is 5.78. The summed E-state index contributed by atoms with van der Waals surface area (Å²) in [4.78, 5) is 6.04. The molecule has 0 spiro atoms. The van der Waals surface area contributed by atoms with Gasteiger partial charge in [0.05, 0.1) is 5.69 Å². The Labute approximate surface area is 130 Å². The summed E-state index contributed by atoms with van der Waals surface area (Å²) in [7, 11) is 0. The average Bonchev–Trinajstić information content (AvgIpc) is 2.87. The Morgan fingerprint density at radius 2 is 2.00 bits per heavy atom. The van der Waals surface area contributed by atoms with E-state index in [0.29, 0.717) is 6.61 Å². The largest absolute Gasteiger partial charge is 0.486 e. The highest BCUT2D eigenvalue weighted by molar-refractivity contribution is 7.11. The molecule has 2 aromatic rings. The Kier molecular flexibility index (Phi) is 4.00. The summed E-state index contributed by atoms with van der Waals surface area (Å²) < 4.78 is 5.86. The molecule has 0 saturated carbocycles. The zero-order chi connectivity index (χ0) is 14.9. The molecule has 0 unspecified atom stereocenters. The fourth-order valence-corrected chi connectivity index (χ4v) is 3.43. The highest BCUT2D eigenvalue weighted by Gasteiger charge is 2.15. The van der Waals surface area contributed by atoms with Crippen molar-refractivity contribution in [2.45, 2.75) is 45.8 Å². The number of hydrogen-bond acceptors (Lipinski definition) is 4. The molecule has 3 nitrogen and oxygen atoms in total. The van der Waals surface area contributed by atoms with E-state index in [2.05, 4.69) is 55.3 Å². The van der Waals surface area contributed by atoms with Gasteiger partial charge in [-0.1, -0.05) is 32.9 Å². The van der Waals surface area contributed by atoms with Crippen molar-refractivity contribution < 1.29 is 4.74 Å². The first-order valence-corrected chi connectivity index (χ1v) is 8.25. The van der Waals surface area contributed by atoms with Crippen molar-refractivity contribution in [3.05, 3.63) is 45.4 Å². The van der Waals surface area contributed by atoms with Crippen LogP contribution in [0.25, 0.3) is 0 Å². The van der Waals surface area contributed by atoms with Crippen molar-refractivity contribution in [1.82, 2.24) is 10.3 Å². The molecule has 21 heavy (non-hydrogen) atoms. The zero-order valence-corrected chi connectivity index (χ0v) is 13.7. The van der Waals surface area contributed by atoms with Crippen molar-refractivity contribution in [2.24, 2.45) is 0 Å².